The van der Waals surface area contributed by atoms with Crippen LogP contribution in [0.15, 0.2) is 30.5 Å². The molecule has 29 heavy (non-hydrogen) atoms. The van der Waals surface area contributed by atoms with Gasteiger partial charge in [0.15, 0.2) is 5.82 Å². The molecule has 0 N–H and O–H groups in total. The summed E-state index contributed by atoms with van der Waals surface area (Å²) in [6.45, 7) is 5.51. The number of carbonyl (C=O) groups excluding carboxylic acids is 1. The van der Waals surface area contributed by atoms with E-state index >= 15 is 0 Å². The quantitative estimate of drug-likeness (QED) is 0.755. The lowest BCUT2D eigenvalue weighted by Gasteiger charge is -2.36. The molecule has 3 heterocycles. The molecule has 9 heteroatoms. The molecule has 2 aliphatic rings. The molecule has 0 spiro atoms. The van der Waals surface area contributed by atoms with Crippen LogP contribution in [0, 0.1) is 5.82 Å². The van der Waals surface area contributed by atoms with Crippen LogP contribution in [0.5, 0.6) is 0 Å². The third-order valence-electron chi connectivity index (χ3n) is 5.35. The molecule has 2 fully saturated rings. The van der Waals surface area contributed by atoms with E-state index in [0.717, 1.165) is 24.6 Å². The number of benzene rings is 1. The summed E-state index contributed by atoms with van der Waals surface area (Å²) in [4.78, 5) is 18.7. The molecule has 0 saturated carbocycles. The molecule has 1 amide bonds. The Labute approximate surface area is 174 Å². The van der Waals surface area contributed by atoms with E-state index in [1.807, 2.05) is 6.07 Å². The molecule has 1 aromatic carbocycles. The summed E-state index contributed by atoms with van der Waals surface area (Å²) >= 11 is 6.05. The minimum Gasteiger partial charge on any atom is -0.378 e. The average Bonchev–Trinajstić information content (AvgIpc) is 2.77. The second kappa shape index (κ2) is 8.92. The van der Waals surface area contributed by atoms with Gasteiger partial charge in [-0.15, -0.1) is 5.10 Å². The first-order chi connectivity index (χ1) is 14.1. The Kier molecular flexibility index (Phi) is 6.10. The predicted octanol–water partition coefficient (Wildman–Crippen LogP) is 2.00. The average molecular weight is 420 g/mol. The summed E-state index contributed by atoms with van der Waals surface area (Å²) in [5.41, 5.74) is 1.25. The fourth-order valence-corrected chi connectivity index (χ4v) is 3.87. The summed E-state index contributed by atoms with van der Waals surface area (Å²) in [6, 6.07) is 6.51. The zero-order valence-electron chi connectivity index (χ0n) is 16.1. The van der Waals surface area contributed by atoms with Crippen molar-refractivity contribution < 1.29 is 13.9 Å². The van der Waals surface area contributed by atoms with Crippen molar-refractivity contribution >= 4 is 29.0 Å². The minimum atomic E-state index is -0.442. The molecular weight excluding hydrogens is 397 g/mol. The number of hydrogen-bond acceptors (Lipinski definition) is 6. The highest BCUT2D eigenvalue weighted by atomic mass is 35.5. The van der Waals surface area contributed by atoms with E-state index in [2.05, 4.69) is 20.0 Å². The van der Waals surface area contributed by atoms with Gasteiger partial charge in [-0.1, -0.05) is 17.7 Å². The van der Waals surface area contributed by atoms with E-state index in [4.69, 9.17) is 16.3 Å². The molecule has 1 aromatic heterocycles. The van der Waals surface area contributed by atoms with Crippen molar-refractivity contribution in [2.24, 2.45) is 0 Å². The minimum absolute atomic E-state index is 0.0243. The summed E-state index contributed by atoms with van der Waals surface area (Å²) in [5.74, 6) is 0.292. The van der Waals surface area contributed by atoms with Crippen LogP contribution in [0.4, 0.5) is 15.9 Å². The maximum atomic E-state index is 14.0. The lowest BCUT2D eigenvalue weighted by Crippen LogP contribution is -2.49. The van der Waals surface area contributed by atoms with Crippen molar-refractivity contribution in [1.82, 2.24) is 15.1 Å². The molecule has 2 saturated heterocycles. The highest BCUT2D eigenvalue weighted by Crippen LogP contribution is 2.23. The Morgan fingerprint density at radius 3 is 2.59 bits per heavy atom. The first-order valence-corrected chi connectivity index (χ1v) is 10.1. The maximum absolute atomic E-state index is 14.0. The number of carbonyl (C=O) groups is 1. The number of nitrogens with zero attached hydrogens (tertiary/aromatic N) is 5. The number of rotatable bonds is 4. The number of aromatic nitrogens is 2. The topological polar surface area (TPSA) is 61.8 Å². The van der Waals surface area contributed by atoms with Crippen LogP contribution in [-0.2, 0) is 16.0 Å². The van der Waals surface area contributed by atoms with E-state index in [1.54, 1.807) is 23.2 Å². The van der Waals surface area contributed by atoms with Crippen molar-refractivity contribution in [2.75, 3.05) is 62.3 Å². The molecule has 4 rings (SSSR count). The third-order valence-corrected chi connectivity index (χ3v) is 5.70. The lowest BCUT2D eigenvalue weighted by molar-refractivity contribution is -0.130. The molecule has 7 nitrogen and oxygen atoms in total. The van der Waals surface area contributed by atoms with E-state index in [9.17, 15) is 9.18 Å². The first kappa shape index (κ1) is 19.8. The number of ether oxygens (including phenoxy) is 1. The summed E-state index contributed by atoms with van der Waals surface area (Å²) in [7, 11) is 0. The van der Waals surface area contributed by atoms with Gasteiger partial charge < -0.3 is 19.4 Å². The van der Waals surface area contributed by atoms with Crippen LogP contribution < -0.4 is 9.80 Å². The van der Waals surface area contributed by atoms with Crippen LogP contribution >= 0.6 is 11.6 Å². The van der Waals surface area contributed by atoms with Crippen molar-refractivity contribution in [3.8, 4) is 0 Å². The van der Waals surface area contributed by atoms with E-state index in [1.165, 1.54) is 6.07 Å². The monoisotopic (exact) mass is 419 g/mol. The van der Waals surface area contributed by atoms with Gasteiger partial charge in [0.1, 0.15) is 5.82 Å². The largest absolute Gasteiger partial charge is 0.378 e. The number of morpholine rings is 1. The Bertz CT molecular complexity index is 849. The van der Waals surface area contributed by atoms with Gasteiger partial charge in [0.05, 0.1) is 31.5 Å². The second-order valence-electron chi connectivity index (χ2n) is 7.12. The van der Waals surface area contributed by atoms with Gasteiger partial charge in [-0.05, 0) is 12.1 Å². The van der Waals surface area contributed by atoms with Crippen molar-refractivity contribution in [3.05, 3.63) is 46.9 Å². The third kappa shape index (κ3) is 4.59. The molecule has 0 aliphatic carbocycles. The zero-order valence-corrected chi connectivity index (χ0v) is 16.8. The molecular formula is C20H23ClFN5O2. The van der Waals surface area contributed by atoms with Crippen LogP contribution in [-0.4, -0.2) is 73.5 Å². The van der Waals surface area contributed by atoms with Crippen LogP contribution in [0.1, 0.15) is 5.56 Å². The number of amides is 1. The highest BCUT2D eigenvalue weighted by molar-refractivity contribution is 6.31. The standard InChI is InChI=1S/C20H23ClFN5O2/c21-17-2-1-3-18(22)16(17)13-20(28)27-6-4-25(5-7-27)15-12-19(24-23-14-15)26-8-10-29-11-9-26/h1-3,12,14H,4-11,13H2. The number of hydrogen-bond donors (Lipinski definition) is 0. The zero-order chi connectivity index (χ0) is 20.2. The number of anilines is 2. The molecule has 154 valence electrons. The van der Waals surface area contributed by atoms with Crippen molar-refractivity contribution in [1.29, 1.82) is 0 Å². The molecule has 2 aliphatic heterocycles. The summed E-state index contributed by atoms with van der Waals surface area (Å²) in [5, 5.41) is 8.69. The second-order valence-corrected chi connectivity index (χ2v) is 7.52. The molecule has 0 atom stereocenters. The molecule has 0 radical (unpaired) electrons. The van der Waals surface area contributed by atoms with Gasteiger partial charge in [0.25, 0.3) is 0 Å². The van der Waals surface area contributed by atoms with Gasteiger partial charge >= 0.3 is 0 Å². The van der Waals surface area contributed by atoms with Crippen molar-refractivity contribution in [3.63, 3.8) is 0 Å². The summed E-state index contributed by atoms with van der Waals surface area (Å²) in [6.07, 6.45) is 1.73. The Hall–Kier alpha value is -2.45. The fraction of sp³-hybridized carbons (Fsp3) is 0.450. The predicted molar refractivity (Wildman–Crippen MR) is 109 cm³/mol. The smallest absolute Gasteiger partial charge is 0.227 e. The molecule has 2 aromatic rings. The molecule has 0 unspecified atom stereocenters. The van der Waals surface area contributed by atoms with Crippen LogP contribution in [0.25, 0.3) is 0 Å². The van der Waals surface area contributed by atoms with E-state index in [0.29, 0.717) is 39.4 Å². The Morgan fingerprint density at radius 2 is 1.86 bits per heavy atom. The summed E-state index contributed by atoms with van der Waals surface area (Å²) < 4.78 is 19.4. The fourth-order valence-electron chi connectivity index (χ4n) is 3.64. The maximum Gasteiger partial charge on any atom is 0.227 e. The van der Waals surface area contributed by atoms with E-state index in [-0.39, 0.29) is 22.9 Å². The van der Waals surface area contributed by atoms with Crippen molar-refractivity contribution in [2.45, 2.75) is 6.42 Å². The van der Waals surface area contributed by atoms with Gasteiger partial charge in [-0.3, -0.25) is 4.79 Å². The Balaban J connectivity index is 1.36. The highest BCUT2D eigenvalue weighted by Gasteiger charge is 2.24. The number of halogens is 2. The Morgan fingerprint density at radius 1 is 1.10 bits per heavy atom. The van der Waals surface area contributed by atoms with Gasteiger partial charge in [0, 0.05) is 55.9 Å². The lowest BCUT2D eigenvalue weighted by atomic mass is 10.1. The van der Waals surface area contributed by atoms with Crippen LogP contribution in [0.3, 0.4) is 0 Å². The van der Waals surface area contributed by atoms with Gasteiger partial charge in [-0.25, -0.2) is 4.39 Å². The van der Waals surface area contributed by atoms with Gasteiger partial charge in [0.2, 0.25) is 5.91 Å². The van der Waals surface area contributed by atoms with E-state index < -0.39 is 5.82 Å². The van der Waals surface area contributed by atoms with Gasteiger partial charge in [-0.2, -0.15) is 5.10 Å². The molecule has 0 bridgehead atoms. The SMILES string of the molecule is O=C(Cc1c(F)cccc1Cl)N1CCN(c2cnnc(N3CCOCC3)c2)CC1. The van der Waals surface area contributed by atoms with Crippen LogP contribution in [0.2, 0.25) is 5.02 Å². The first-order valence-electron chi connectivity index (χ1n) is 9.73. The normalized spacial score (nSPS) is 17.5. The number of piperazine rings is 1.